The van der Waals surface area contributed by atoms with Crippen LogP contribution in [0.25, 0.3) is 0 Å². The SMILES string of the molecule is CNC(=O)c1cc(F)cc(Cc2ccccc2F)c1C. The molecule has 0 radical (unpaired) electrons. The summed E-state index contributed by atoms with van der Waals surface area (Å²) in [6.07, 6.45) is 0.250. The summed E-state index contributed by atoms with van der Waals surface area (Å²) < 4.78 is 27.3. The van der Waals surface area contributed by atoms with Crippen LogP contribution >= 0.6 is 0 Å². The van der Waals surface area contributed by atoms with Crippen LogP contribution in [0.15, 0.2) is 36.4 Å². The summed E-state index contributed by atoms with van der Waals surface area (Å²) >= 11 is 0. The molecule has 0 saturated carbocycles. The van der Waals surface area contributed by atoms with E-state index in [0.29, 0.717) is 16.7 Å². The number of carbonyl (C=O) groups is 1. The van der Waals surface area contributed by atoms with Gasteiger partial charge in [0.25, 0.3) is 5.91 Å². The van der Waals surface area contributed by atoms with Crippen molar-refractivity contribution in [2.45, 2.75) is 13.3 Å². The number of hydrogen-bond acceptors (Lipinski definition) is 1. The molecule has 2 rings (SSSR count). The van der Waals surface area contributed by atoms with E-state index in [1.165, 1.54) is 25.2 Å². The molecule has 0 bridgehead atoms. The van der Waals surface area contributed by atoms with Crippen molar-refractivity contribution in [1.29, 1.82) is 0 Å². The lowest BCUT2D eigenvalue weighted by molar-refractivity contribution is 0.0962. The first-order chi connectivity index (χ1) is 9.52. The summed E-state index contributed by atoms with van der Waals surface area (Å²) in [7, 11) is 1.49. The summed E-state index contributed by atoms with van der Waals surface area (Å²) in [6.45, 7) is 1.74. The highest BCUT2D eigenvalue weighted by Gasteiger charge is 2.14. The van der Waals surface area contributed by atoms with E-state index in [1.54, 1.807) is 25.1 Å². The molecule has 0 saturated heterocycles. The summed E-state index contributed by atoms with van der Waals surface area (Å²) in [6, 6.07) is 8.88. The molecule has 0 heterocycles. The molecule has 20 heavy (non-hydrogen) atoms. The Kier molecular flexibility index (Phi) is 4.13. The van der Waals surface area contributed by atoms with Crippen LogP contribution in [0.1, 0.15) is 27.0 Å². The Bertz CT molecular complexity index is 653. The van der Waals surface area contributed by atoms with Crippen molar-refractivity contribution in [1.82, 2.24) is 5.32 Å². The number of carbonyl (C=O) groups excluding carboxylic acids is 1. The monoisotopic (exact) mass is 275 g/mol. The Morgan fingerprint density at radius 1 is 1.15 bits per heavy atom. The Balaban J connectivity index is 2.45. The van der Waals surface area contributed by atoms with Gasteiger partial charge in [-0.1, -0.05) is 18.2 Å². The molecule has 0 aliphatic heterocycles. The van der Waals surface area contributed by atoms with E-state index in [1.807, 2.05) is 0 Å². The molecule has 2 nitrogen and oxygen atoms in total. The highest BCUT2D eigenvalue weighted by Crippen LogP contribution is 2.21. The molecular formula is C16H15F2NO. The van der Waals surface area contributed by atoms with Crippen molar-refractivity contribution >= 4 is 5.91 Å². The van der Waals surface area contributed by atoms with E-state index < -0.39 is 5.82 Å². The minimum Gasteiger partial charge on any atom is -0.355 e. The Morgan fingerprint density at radius 2 is 1.85 bits per heavy atom. The van der Waals surface area contributed by atoms with E-state index in [2.05, 4.69) is 5.32 Å². The zero-order chi connectivity index (χ0) is 14.7. The highest BCUT2D eigenvalue weighted by molar-refractivity contribution is 5.95. The first-order valence-corrected chi connectivity index (χ1v) is 6.27. The second kappa shape index (κ2) is 5.82. The third kappa shape index (κ3) is 2.85. The molecular weight excluding hydrogens is 260 g/mol. The second-order valence-corrected chi connectivity index (χ2v) is 4.58. The number of benzene rings is 2. The van der Waals surface area contributed by atoms with Gasteiger partial charge in [0.15, 0.2) is 0 Å². The highest BCUT2D eigenvalue weighted by atomic mass is 19.1. The van der Waals surface area contributed by atoms with Gasteiger partial charge >= 0.3 is 0 Å². The summed E-state index contributed by atoms with van der Waals surface area (Å²) in [5, 5.41) is 2.47. The summed E-state index contributed by atoms with van der Waals surface area (Å²) in [4.78, 5) is 11.7. The van der Waals surface area contributed by atoms with Crippen molar-refractivity contribution in [3.63, 3.8) is 0 Å². The largest absolute Gasteiger partial charge is 0.355 e. The van der Waals surface area contributed by atoms with Crippen LogP contribution in [-0.2, 0) is 6.42 Å². The van der Waals surface area contributed by atoms with Gasteiger partial charge < -0.3 is 5.32 Å². The van der Waals surface area contributed by atoms with E-state index in [0.717, 1.165) is 0 Å². The normalized spacial score (nSPS) is 10.4. The quantitative estimate of drug-likeness (QED) is 0.915. The standard InChI is InChI=1S/C16H15F2NO/c1-10-12(7-11-5-3-4-6-15(11)18)8-13(17)9-14(10)16(20)19-2/h3-6,8-9H,7H2,1-2H3,(H,19,20). The first-order valence-electron chi connectivity index (χ1n) is 6.27. The average Bonchev–Trinajstić information content (AvgIpc) is 2.44. The van der Waals surface area contributed by atoms with Crippen LogP contribution in [0.4, 0.5) is 8.78 Å². The zero-order valence-electron chi connectivity index (χ0n) is 11.3. The van der Waals surface area contributed by atoms with Gasteiger partial charge in [-0.05, 0) is 41.8 Å². The molecule has 0 aliphatic carbocycles. The maximum absolute atomic E-state index is 13.7. The topological polar surface area (TPSA) is 29.1 Å². The van der Waals surface area contributed by atoms with Crippen molar-refractivity contribution < 1.29 is 13.6 Å². The molecule has 104 valence electrons. The van der Waals surface area contributed by atoms with E-state index in [9.17, 15) is 13.6 Å². The number of rotatable bonds is 3. The van der Waals surface area contributed by atoms with Crippen LogP contribution in [0.2, 0.25) is 0 Å². The maximum Gasteiger partial charge on any atom is 0.251 e. The Hall–Kier alpha value is -2.23. The molecule has 0 fully saturated rings. The van der Waals surface area contributed by atoms with Gasteiger partial charge in [0.1, 0.15) is 11.6 Å². The van der Waals surface area contributed by atoms with Crippen molar-refractivity contribution in [3.8, 4) is 0 Å². The van der Waals surface area contributed by atoms with Gasteiger partial charge in [-0.2, -0.15) is 0 Å². The maximum atomic E-state index is 13.7. The molecule has 0 atom stereocenters. The van der Waals surface area contributed by atoms with Crippen LogP contribution in [0.5, 0.6) is 0 Å². The third-order valence-electron chi connectivity index (χ3n) is 3.29. The predicted octanol–water partition coefficient (Wildman–Crippen LogP) is 3.22. The number of amides is 1. The molecule has 0 aromatic heterocycles. The van der Waals surface area contributed by atoms with Gasteiger partial charge in [0, 0.05) is 19.0 Å². The van der Waals surface area contributed by atoms with Crippen molar-refractivity contribution in [2.24, 2.45) is 0 Å². The number of nitrogens with one attached hydrogen (secondary N) is 1. The molecule has 1 N–H and O–H groups in total. The van der Waals surface area contributed by atoms with E-state index in [4.69, 9.17) is 0 Å². The van der Waals surface area contributed by atoms with Gasteiger partial charge in [-0.25, -0.2) is 8.78 Å². The van der Waals surface area contributed by atoms with Crippen LogP contribution in [0.3, 0.4) is 0 Å². The van der Waals surface area contributed by atoms with E-state index in [-0.39, 0.29) is 23.7 Å². The van der Waals surface area contributed by atoms with Gasteiger partial charge in [0.05, 0.1) is 0 Å². The second-order valence-electron chi connectivity index (χ2n) is 4.58. The van der Waals surface area contributed by atoms with Crippen molar-refractivity contribution in [2.75, 3.05) is 7.05 Å². The zero-order valence-corrected chi connectivity index (χ0v) is 11.3. The summed E-state index contributed by atoms with van der Waals surface area (Å²) in [5.74, 6) is -1.19. The summed E-state index contributed by atoms with van der Waals surface area (Å²) in [5.41, 5.74) is 2.02. The molecule has 0 aliphatic rings. The molecule has 4 heteroatoms. The molecule has 2 aromatic rings. The van der Waals surface area contributed by atoms with Crippen molar-refractivity contribution in [3.05, 3.63) is 70.3 Å². The lowest BCUT2D eigenvalue weighted by atomic mass is 9.96. The average molecular weight is 275 g/mol. The fourth-order valence-corrected chi connectivity index (χ4v) is 2.14. The number of hydrogen-bond donors (Lipinski definition) is 1. The van der Waals surface area contributed by atoms with Crippen LogP contribution < -0.4 is 5.32 Å². The molecule has 0 unspecified atom stereocenters. The minimum absolute atomic E-state index is 0.250. The lowest BCUT2D eigenvalue weighted by Gasteiger charge is -2.11. The smallest absolute Gasteiger partial charge is 0.251 e. The van der Waals surface area contributed by atoms with Crippen LogP contribution in [0, 0.1) is 18.6 Å². The fraction of sp³-hybridized carbons (Fsp3) is 0.188. The number of halogens is 2. The molecule has 1 amide bonds. The predicted molar refractivity (Wildman–Crippen MR) is 73.7 cm³/mol. The van der Waals surface area contributed by atoms with Crippen LogP contribution in [-0.4, -0.2) is 13.0 Å². The van der Waals surface area contributed by atoms with Gasteiger partial charge in [-0.15, -0.1) is 0 Å². The van der Waals surface area contributed by atoms with Gasteiger partial charge in [0.2, 0.25) is 0 Å². The van der Waals surface area contributed by atoms with E-state index >= 15 is 0 Å². The Labute approximate surface area is 116 Å². The fourth-order valence-electron chi connectivity index (χ4n) is 2.14. The third-order valence-corrected chi connectivity index (χ3v) is 3.29. The first kappa shape index (κ1) is 14.2. The van der Waals surface area contributed by atoms with Gasteiger partial charge in [-0.3, -0.25) is 4.79 Å². The Morgan fingerprint density at radius 3 is 2.50 bits per heavy atom. The lowest BCUT2D eigenvalue weighted by Crippen LogP contribution is -2.20. The minimum atomic E-state index is -0.500. The molecule has 0 spiro atoms. The molecule has 2 aromatic carbocycles.